The fourth-order valence-corrected chi connectivity index (χ4v) is 8.17. The van der Waals surface area contributed by atoms with E-state index >= 15 is 0 Å². The molecule has 0 aromatic heterocycles. The number of piperidine rings is 1. The van der Waals surface area contributed by atoms with E-state index < -0.39 is 41.7 Å². The Hall–Kier alpha value is -1.77. The number of aromatic hydroxyl groups is 1. The van der Waals surface area contributed by atoms with Gasteiger partial charge in [-0.3, -0.25) is 9.80 Å². The minimum absolute atomic E-state index is 0.0546. The number of hydrogen-bond acceptors (Lipinski definition) is 5. The number of rotatable bonds is 4. The smallest absolute Gasteiger partial charge is 0.251 e. The van der Waals surface area contributed by atoms with Crippen molar-refractivity contribution in [2.75, 3.05) is 20.1 Å². The van der Waals surface area contributed by atoms with Gasteiger partial charge in [0, 0.05) is 43.1 Å². The lowest BCUT2D eigenvalue weighted by Crippen LogP contribution is -2.78. The number of ether oxygens (including phenoxy) is 1. The molecule has 34 heavy (non-hydrogen) atoms. The molecule has 186 valence electrons. The number of aliphatic hydroxyl groups is 1. The molecule has 1 aromatic carbocycles. The summed E-state index contributed by atoms with van der Waals surface area (Å²) in [5.41, 5.74) is 0.192. The summed E-state index contributed by atoms with van der Waals surface area (Å²) in [5, 5.41) is 23.1. The molecular formula is C26H33F3N2O3. The Morgan fingerprint density at radius 1 is 1.24 bits per heavy atom. The summed E-state index contributed by atoms with van der Waals surface area (Å²) in [5.74, 6) is -2.47. The number of nitrogens with zero attached hydrogens (tertiary/aromatic N) is 2. The normalized spacial score (nSPS) is 42.2. The predicted molar refractivity (Wildman–Crippen MR) is 121 cm³/mol. The Balaban J connectivity index is 1.42. The van der Waals surface area contributed by atoms with Gasteiger partial charge in [-0.05, 0) is 57.3 Å². The molecule has 1 saturated heterocycles. The number of phenols is 1. The van der Waals surface area contributed by atoms with Crippen LogP contribution in [0.4, 0.5) is 13.2 Å². The van der Waals surface area contributed by atoms with Gasteiger partial charge >= 0.3 is 0 Å². The minimum atomic E-state index is -2.96. The monoisotopic (exact) mass is 478 g/mol. The molecule has 2 saturated carbocycles. The van der Waals surface area contributed by atoms with Crippen molar-refractivity contribution in [3.8, 4) is 11.5 Å². The van der Waals surface area contributed by atoms with E-state index in [2.05, 4.69) is 11.5 Å². The van der Waals surface area contributed by atoms with Crippen molar-refractivity contribution in [1.82, 2.24) is 9.80 Å². The summed E-state index contributed by atoms with van der Waals surface area (Å²) in [6, 6.07) is 2.61. The Morgan fingerprint density at radius 2 is 2.00 bits per heavy atom. The second kappa shape index (κ2) is 7.37. The molecular weight excluding hydrogens is 445 g/mol. The molecule has 0 amide bonds. The van der Waals surface area contributed by atoms with Gasteiger partial charge in [0.1, 0.15) is 12.3 Å². The predicted octanol–water partition coefficient (Wildman–Crippen LogP) is 3.56. The van der Waals surface area contributed by atoms with Crippen LogP contribution < -0.4 is 4.74 Å². The summed E-state index contributed by atoms with van der Waals surface area (Å²) >= 11 is 0. The van der Waals surface area contributed by atoms with Crippen LogP contribution in [0.1, 0.15) is 49.7 Å². The highest BCUT2D eigenvalue weighted by atomic mass is 19.3. The third-order valence-electron chi connectivity index (χ3n) is 9.67. The molecule has 2 aliphatic heterocycles. The van der Waals surface area contributed by atoms with Gasteiger partial charge in [0.25, 0.3) is 5.92 Å². The highest BCUT2D eigenvalue weighted by Gasteiger charge is 2.73. The van der Waals surface area contributed by atoms with Crippen molar-refractivity contribution in [3.05, 3.63) is 35.9 Å². The van der Waals surface area contributed by atoms with E-state index in [0.29, 0.717) is 38.0 Å². The molecule has 1 spiro atoms. The molecule has 2 bridgehead atoms. The van der Waals surface area contributed by atoms with E-state index in [4.69, 9.17) is 4.74 Å². The number of benzene rings is 1. The molecule has 4 unspecified atom stereocenters. The van der Waals surface area contributed by atoms with Crippen LogP contribution in [-0.4, -0.2) is 82.1 Å². The van der Waals surface area contributed by atoms with Crippen molar-refractivity contribution < 1.29 is 28.1 Å². The maximum absolute atomic E-state index is 15.0. The molecule has 5 nitrogen and oxygen atoms in total. The van der Waals surface area contributed by atoms with E-state index in [9.17, 15) is 23.4 Å². The summed E-state index contributed by atoms with van der Waals surface area (Å²) in [6.45, 7) is 5.33. The van der Waals surface area contributed by atoms with E-state index in [1.807, 2.05) is 24.1 Å². The number of likely N-dealkylation sites (tertiary alicyclic amines) is 1. The first kappa shape index (κ1) is 22.7. The van der Waals surface area contributed by atoms with Crippen molar-refractivity contribution in [2.45, 2.75) is 92.3 Å². The highest BCUT2D eigenvalue weighted by molar-refractivity contribution is 5.62. The third-order valence-corrected chi connectivity index (χ3v) is 9.67. The maximum Gasteiger partial charge on any atom is 0.251 e. The lowest BCUT2D eigenvalue weighted by atomic mass is 9.48. The number of likely N-dealkylation sites (N-methyl/N-ethyl adjacent to an activating group) is 1. The largest absolute Gasteiger partial charge is 0.504 e. The number of hydrogen-bond donors (Lipinski definition) is 2. The molecule has 1 aromatic rings. The fourth-order valence-electron chi connectivity index (χ4n) is 8.17. The SMILES string of the molecule is C=CCN1CC[C@]23c4c5ccc(O)c4OC2[C@H](N(C)C2CCC(F)(F)CC2F)CC[C@@]3(O)C1C5. The first-order valence-corrected chi connectivity index (χ1v) is 12.5. The van der Waals surface area contributed by atoms with E-state index in [0.717, 1.165) is 17.7 Å². The van der Waals surface area contributed by atoms with E-state index in [1.165, 1.54) is 0 Å². The second-order valence-electron chi connectivity index (χ2n) is 11.1. The fraction of sp³-hybridized carbons (Fsp3) is 0.692. The van der Waals surface area contributed by atoms with Crippen molar-refractivity contribution in [3.63, 3.8) is 0 Å². The number of halogens is 3. The molecule has 2 heterocycles. The van der Waals surface area contributed by atoms with Gasteiger partial charge < -0.3 is 14.9 Å². The lowest BCUT2D eigenvalue weighted by Gasteiger charge is -2.65. The van der Waals surface area contributed by atoms with Gasteiger partial charge in [0.15, 0.2) is 11.5 Å². The van der Waals surface area contributed by atoms with Gasteiger partial charge in [0.2, 0.25) is 0 Å². The van der Waals surface area contributed by atoms with Crippen molar-refractivity contribution in [1.29, 1.82) is 0 Å². The van der Waals surface area contributed by atoms with Gasteiger partial charge in [-0.2, -0.15) is 0 Å². The molecule has 3 aliphatic carbocycles. The molecule has 0 radical (unpaired) electrons. The van der Waals surface area contributed by atoms with Crippen LogP contribution in [0, 0.1) is 0 Å². The van der Waals surface area contributed by atoms with Crippen LogP contribution in [0.2, 0.25) is 0 Å². The standard InChI is InChI=1S/C26H33F3N2O3/c1-3-11-31-12-10-25-21-15-4-5-19(32)22(21)34-23(25)18(7-9-26(25,33)20(31)13-15)30(2)17-6-8-24(28,29)14-16(17)27/h3-5,16-18,20,23,32-33H,1,6-14H2,2H3/t16?,17?,18-,20?,23?,25+,26-/m1/s1. The molecule has 8 heteroatoms. The summed E-state index contributed by atoms with van der Waals surface area (Å²) in [4.78, 5) is 4.19. The van der Waals surface area contributed by atoms with E-state index in [1.54, 1.807) is 6.07 Å². The van der Waals surface area contributed by atoms with Gasteiger partial charge in [-0.1, -0.05) is 12.1 Å². The van der Waals surface area contributed by atoms with Gasteiger partial charge in [-0.15, -0.1) is 6.58 Å². The number of alkyl halides is 3. The first-order chi connectivity index (χ1) is 16.1. The van der Waals surface area contributed by atoms with Crippen LogP contribution in [0.5, 0.6) is 11.5 Å². The molecule has 5 aliphatic rings. The minimum Gasteiger partial charge on any atom is -0.504 e. The van der Waals surface area contributed by atoms with Crippen LogP contribution in [0.25, 0.3) is 0 Å². The molecule has 6 rings (SSSR count). The topological polar surface area (TPSA) is 56.2 Å². The summed E-state index contributed by atoms with van der Waals surface area (Å²) in [6.07, 6.45) is 1.17. The summed E-state index contributed by atoms with van der Waals surface area (Å²) < 4.78 is 49.1. The Labute approximate surface area is 198 Å². The lowest BCUT2D eigenvalue weighted by molar-refractivity contribution is -0.202. The van der Waals surface area contributed by atoms with Gasteiger partial charge in [-0.25, -0.2) is 13.2 Å². The first-order valence-electron chi connectivity index (χ1n) is 12.5. The highest BCUT2D eigenvalue weighted by Crippen LogP contribution is 2.66. The van der Waals surface area contributed by atoms with Gasteiger partial charge in [0.05, 0.1) is 11.0 Å². The van der Waals surface area contributed by atoms with Crippen LogP contribution in [0.15, 0.2) is 24.8 Å². The quantitative estimate of drug-likeness (QED) is 0.649. The molecule has 2 N–H and O–H groups in total. The van der Waals surface area contributed by atoms with Crippen LogP contribution >= 0.6 is 0 Å². The molecule has 7 atom stereocenters. The Morgan fingerprint density at radius 3 is 2.74 bits per heavy atom. The zero-order valence-corrected chi connectivity index (χ0v) is 19.5. The second-order valence-corrected chi connectivity index (χ2v) is 11.1. The number of phenolic OH excluding ortho intramolecular Hbond substituents is 1. The zero-order valence-electron chi connectivity index (χ0n) is 19.5. The van der Waals surface area contributed by atoms with Crippen molar-refractivity contribution >= 4 is 0 Å². The average molecular weight is 479 g/mol. The van der Waals surface area contributed by atoms with E-state index in [-0.39, 0.29) is 30.7 Å². The van der Waals surface area contributed by atoms with Crippen LogP contribution in [0.3, 0.4) is 0 Å². The molecule has 3 fully saturated rings. The average Bonchev–Trinajstić information content (AvgIpc) is 3.12. The van der Waals surface area contributed by atoms with Crippen LogP contribution in [-0.2, 0) is 11.8 Å². The third kappa shape index (κ3) is 2.79. The summed E-state index contributed by atoms with van der Waals surface area (Å²) in [7, 11) is 1.81. The van der Waals surface area contributed by atoms with Crippen molar-refractivity contribution in [2.24, 2.45) is 0 Å². The Bertz CT molecular complexity index is 1020. The zero-order chi connectivity index (χ0) is 24.0. The maximum atomic E-state index is 15.0. The Kier molecular flexibility index (Phi) is 4.92.